The van der Waals surface area contributed by atoms with Crippen molar-refractivity contribution >= 4 is 33.4 Å². The molecule has 3 N–H and O–H groups in total. The number of benzene rings is 1. The molecular weight excluding hydrogens is 334 g/mol. The zero-order chi connectivity index (χ0) is 15.0. The van der Waals surface area contributed by atoms with Crippen LogP contribution in [0.2, 0.25) is 0 Å². The third-order valence-electron chi connectivity index (χ3n) is 4.17. The summed E-state index contributed by atoms with van der Waals surface area (Å²) in [5, 5.41) is 3.00. The number of anilines is 1. The van der Waals surface area contributed by atoms with Crippen LogP contribution >= 0.6 is 15.9 Å². The predicted molar refractivity (Wildman–Crippen MR) is 83.8 cm³/mol. The lowest BCUT2D eigenvalue weighted by atomic mass is 10.1. The first-order valence-electron chi connectivity index (χ1n) is 7.22. The number of hydrogen-bond donors (Lipinski definition) is 2. The summed E-state index contributed by atoms with van der Waals surface area (Å²) < 4.78 is 0.865. The molecule has 1 unspecified atom stereocenters. The van der Waals surface area contributed by atoms with Crippen LogP contribution in [0.1, 0.15) is 37.3 Å². The van der Waals surface area contributed by atoms with E-state index in [1.807, 2.05) is 18.2 Å². The summed E-state index contributed by atoms with van der Waals surface area (Å²) >= 11 is 3.39. The highest BCUT2D eigenvalue weighted by atomic mass is 79.9. The Morgan fingerprint density at radius 1 is 1.38 bits per heavy atom. The van der Waals surface area contributed by atoms with E-state index in [1.165, 1.54) is 4.90 Å². The Hall–Kier alpha value is -1.40. The molecule has 1 atom stereocenters. The standard InChI is InChI=1S/C15H18BrN3O2/c16-9-5-6-11-12(7-9)19(15(21)14(11)17)8-13(20)18-10-3-1-2-4-10/h5-7,10,14H,1-4,8,17H2,(H,18,20). The van der Waals surface area contributed by atoms with Crippen molar-refractivity contribution in [1.82, 2.24) is 5.32 Å². The lowest BCUT2D eigenvalue weighted by Gasteiger charge is -2.19. The van der Waals surface area contributed by atoms with Crippen molar-refractivity contribution in [2.24, 2.45) is 5.73 Å². The molecule has 0 saturated heterocycles. The van der Waals surface area contributed by atoms with Crippen molar-refractivity contribution < 1.29 is 9.59 Å². The second-order valence-electron chi connectivity index (χ2n) is 5.65. The topological polar surface area (TPSA) is 75.4 Å². The highest BCUT2D eigenvalue weighted by molar-refractivity contribution is 9.10. The molecule has 1 aliphatic heterocycles. The first kappa shape index (κ1) is 14.5. The van der Waals surface area contributed by atoms with Gasteiger partial charge < -0.3 is 16.0 Å². The number of amides is 2. The van der Waals surface area contributed by atoms with E-state index in [9.17, 15) is 9.59 Å². The van der Waals surface area contributed by atoms with Gasteiger partial charge in [-0.1, -0.05) is 34.8 Å². The number of nitrogens with one attached hydrogen (secondary N) is 1. The third-order valence-corrected chi connectivity index (χ3v) is 4.67. The third kappa shape index (κ3) is 2.82. The van der Waals surface area contributed by atoms with Crippen molar-refractivity contribution in [3.63, 3.8) is 0 Å². The van der Waals surface area contributed by atoms with Gasteiger partial charge in [0.15, 0.2) is 0 Å². The van der Waals surface area contributed by atoms with Gasteiger partial charge in [0.1, 0.15) is 12.6 Å². The SMILES string of the molecule is NC1C(=O)N(CC(=O)NC2CCCC2)c2cc(Br)ccc21. The summed E-state index contributed by atoms with van der Waals surface area (Å²) in [4.78, 5) is 25.9. The Morgan fingerprint density at radius 2 is 2.10 bits per heavy atom. The van der Waals surface area contributed by atoms with E-state index in [0.717, 1.165) is 41.4 Å². The molecule has 1 aromatic carbocycles. The Bertz CT molecular complexity index is 584. The summed E-state index contributed by atoms with van der Waals surface area (Å²) in [6, 6.07) is 5.10. The normalized spacial score (nSPS) is 21.7. The van der Waals surface area contributed by atoms with Crippen molar-refractivity contribution in [3.05, 3.63) is 28.2 Å². The monoisotopic (exact) mass is 351 g/mol. The molecule has 0 bridgehead atoms. The Kier molecular flexibility index (Phi) is 3.99. The first-order valence-corrected chi connectivity index (χ1v) is 8.01. The molecule has 2 amide bonds. The van der Waals surface area contributed by atoms with Gasteiger partial charge in [-0.15, -0.1) is 0 Å². The zero-order valence-electron chi connectivity index (χ0n) is 11.6. The van der Waals surface area contributed by atoms with Crippen LogP contribution in [0.15, 0.2) is 22.7 Å². The minimum absolute atomic E-state index is 0.0342. The highest BCUT2D eigenvalue weighted by Crippen LogP contribution is 2.36. The van der Waals surface area contributed by atoms with Gasteiger partial charge in [-0.3, -0.25) is 9.59 Å². The number of halogens is 1. The number of fused-ring (bicyclic) bond motifs is 1. The number of rotatable bonds is 3. The van der Waals surface area contributed by atoms with Crippen LogP contribution in [0.3, 0.4) is 0 Å². The summed E-state index contributed by atoms with van der Waals surface area (Å²) in [6.45, 7) is 0.0342. The molecule has 5 nitrogen and oxygen atoms in total. The van der Waals surface area contributed by atoms with E-state index >= 15 is 0 Å². The summed E-state index contributed by atoms with van der Waals surface area (Å²) in [7, 11) is 0. The van der Waals surface area contributed by atoms with Gasteiger partial charge >= 0.3 is 0 Å². The summed E-state index contributed by atoms with van der Waals surface area (Å²) in [5.41, 5.74) is 7.43. The van der Waals surface area contributed by atoms with E-state index in [-0.39, 0.29) is 24.4 Å². The van der Waals surface area contributed by atoms with Crippen LogP contribution in [-0.2, 0) is 9.59 Å². The number of hydrogen-bond acceptors (Lipinski definition) is 3. The fourth-order valence-corrected chi connectivity index (χ4v) is 3.43. The van der Waals surface area contributed by atoms with Crippen LogP contribution in [0.4, 0.5) is 5.69 Å². The lowest BCUT2D eigenvalue weighted by molar-refractivity contribution is -0.124. The van der Waals surface area contributed by atoms with E-state index in [0.29, 0.717) is 0 Å². The van der Waals surface area contributed by atoms with Crippen LogP contribution in [0.5, 0.6) is 0 Å². The molecule has 6 heteroatoms. The second-order valence-corrected chi connectivity index (χ2v) is 6.57. The lowest BCUT2D eigenvalue weighted by Crippen LogP contribution is -2.43. The van der Waals surface area contributed by atoms with Crippen LogP contribution in [-0.4, -0.2) is 24.4 Å². The van der Waals surface area contributed by atoms with Gasteiger partial charge in [-0.05, 0) is 25.0 Å². The zero-order valence-corrected chi connectivity index (χ0v) is 13.2. The van der Waals surface area contributed by atoms with E-state index in [2.05, 4.69) is 21.2 Å². The fourth-order valence-electron chi connectivity index (χ4n) is 3.08. The molecular formula is C15H18BrN3O2. The minimum atomic E-state index is -0.674. The number of carbonyl (C=O) groups excluding carboxylic acids is 2. The van der Waals surface area contributed by atoms with E-state index in [1.54, 1.807) is 0 Å². The molecule has 21 heavy (non-hydrogen) atoms. The maximum Gasteiger partial charge on any atom is 0.249 e. The Morgan fingerprint density at radius 3 is 2.81 bits per heavy atom. The maximum absolute atomic E-state index is 12.3. The van der Waals surface area contributed by atoms with E-state index in [4.69, 9.17) is 5.73 Å². The second kappa shape index (κ2) is 5.77. The smallest absolute Gasteiger partial charge is 0.249 e. The van der Waals surface area contributed by atoms with Crippen molar-refractivity contribution in [1.29, 1.82) is 0 Å². The van der Waals surface area contributed by atoms with Gasteiger partial charge in [0.2, 0.25) is 11.8 Å². The maximum atomic E-state index is 12.3. The summed E-state index contributed by atoms with van der Waals surface area (Å²) in [5.74, 6) is -0.333. The van der Waals surface area contributed by atoms with Gasteiger partial charge in [0.25, 0.3) is 0 Å². The Balaban J connectivity index is 1.74. The van der Waals surface area contributed by atoms with Gasteiger partial charge in [-0.2, -0.15) is 0 Å². The molecule has 3 rings (SSSR count). The summed E-state index contributed by atoms with van der Waals surface area (Å²) in [6.07, 6.45) is 4.38. The van der Waals surface area contributed by atoms with Crippen LogP contribution < -0.4 is 16.0 Å². The van der Waals surface area contributed by atoms with Gasteiger partial charge in [-0.25, -0.2) is 0 Å². The van der Waals surface area contributed by atoms with E-state index < -0.39 is 6.04 Å². The average molecular weight is 352 g/mol. The number of nitrogens with two attached hydrogens (primary N) is 1. The molecule has 0 spiro atoms. The van der Waals surface area contributed by atoms with Crippen LogP contribution in [0, 0.1) is 0 Å². The fraction of sp³-hybridized carbons (Fsp3) is 0.467. The molecule has 1 fully saturated rings. The molecule has 2 aliphatic rings. The van der Waals surface area contributed by atoms with Crippen molar-refractivity contribution in [2.75, 3.05) is 11.4 Å². The quantitative estimate of drug-likeness (QED) is 0.872. The molecule has 1 heterocycles. The number of carbonyl (C=O) groups is 2. The predicted octanol–water partition coefficient (Wildman–Crippen LogP) is 1.85. The minimum Gasteiger partial charge on any atom is -0.352 e. The number of nitrogens with zero attached hydrogens (tertiary/aromatic N) is 1. The highest BCUT2D eigenvalue weighted by Gasteiger charge is 2.36. The van der Waals surface area contributed by atoms with Crippen LogP contribution in [0.25, 0.3) is 0 Å². The van der Waals surface area contributed by atoms with Crippen molar-refractivity contribution in [3.8, 4) is 0 Å². The molecule has 1 aliphatic carbocycles. The first-order chi connectivity index (χ1) is 10.1. The largest absolute Gasteiger partial charge is 0.352 e. The average Bonchev–Trinajstić information content (AvgIpc) is 3.02. The molecule has 0 aromatic heterocycles. The molecule has 0 radical (unpaired) electrons. The Labute approximate surface area is 132 Å². The molecule has 1 saturated carbocycles. The van der Waals surface area contributed by atoms with Gasteiger partial charge in [0, 0.05) is 16.1 Å². The van der Waals surface area contributed by atoms with Crippen molar-refractivity contribution in [2.45, 2.75) is 37.8 Å². The molecule has 1 aromatic rings. The van der Waals surface area contributed by atoms with Gasteiger partial charge in [0.05, 0.1) is 5.69 Å². The molecule has 112 valence electrons.